The molecule has 6 nitrogen and oxygen atoms in total. The molecular formula is C14H23N3O3. The number of carbonyl (C=O) groups excluding carboxylic acids is 1. The first-order chi connectivity index (χ1) is 9.52. The first-order valence-corrected chi connectivity index (χ1v) is 7.22. The van der Waals surface area contributed by atoms with Gasteiger partial charge >= 0.3 is 6.03 Å². The monoisotopic (exact) mass is 281 g/mol. The normalized spacial score (nSPS) is 18.1. The molecule has 1 atom stereocenters. The SMILES string of the molecule is CCc1onc(C)c1NC(=O)N1CCC(C(C)O)CC1. The van der Waals surface area contributed by atoms with Crippen LogP contribution in [0.5, 0.6) is 0 Å². The Labute approximate surface area is 119 Å². The van der Waals surface area contributed by atoms with Gasteiger partial charge in [0.1, 0.15) is 11.4 Å². The summed E-state index contributed by atoms with van der Waals surface area (Å²) in [5.74, 6) is 0.997. The number of aliphatic hydroxyl groups excluding tert-OH is 1. The van der Waals surface area contributed by atoms with Gasteiger partial charge in [-0.05, 0) is 32.6 Å². The number of piperidine rings is 1. The van der Waals surface area contributed by atoms with Crippen molar-refractivity contribution in [3.8, 4) is 0 Å². The summed E-state index contributed by atoms with van der Waals surface area (Å²) in [6, 6.07) is -0.116. The summed E-state index contributed by atoms with van der Waals surface area (Å²) in [6.07, 6.45) is 2.08. The van der Waals surface area contributed by atoms with Crippen molar-refractivity contribution in [2.75, 3.05) is 18.4 Å². The Morgan fingerprint density at radius 1 is 1.55 bits per heavy atom. The van der Waals surface area contributed by atoms with Gasteiger partial charge in [-0.1, -0.05) is 12.1 Å². The van der Waals surface area contributed by atoms with Crippen molar-refractivity contribution in [3.05, 3.63) is 11.5 Å². The molecule has 2 rings (SSSR count). The smallest absolute Gasteiger partial charge is 0.321 e. The van der Waals surface area contributed by atoms with Crippen molar-refractivity contribution < 1.29 is 14.4 Å². The number of aromatic nitrogens is 1. The van der Waals surface area contributed by atoms with E-state index in [-0.39, 0.29) is 12.1 Å². The molecule has 1 aliphatic heterocycles. The fourth-order valence-corrected chi connectivity index (χ4v) is 2.59. The molecule has 1 aromatic heterocycles. The van der Waals surface area contributed by atoms with Crippen molar-refractivity contribution in [3.63, 3.8) is 0 Å². The lowest BCUT2D eigenvalue weighted by molar-refractivity contribution is 0.0820. The highest BCUT2D eigenvalue weighted by Gasteiger charge is 2.26. The van der Waals surface area contributed by atoms with Gasteiger partial charge in [-0.25, -0.2) is 4.79 Å². The number of carbonyl (C=O) groups is 1. The largest absolute Gasteiger partial charge is 0.393 e. The summed E-state index contributed by atoms with van der Waals surface area (Å²) in [5.41, 5.74) is 1.39. The second-order valence-electron chi connectivity index (χ2n) is 5.41. The van der Waals surface area contributed by atoms with Gasteiger partial charge in [-0.3, -0.25) is 0 Å². The molecule has 0 saturated carbocycles. The average molecular weight is 281 g/mol. The third-order valence-electron chi connectivity index (χ3n) is 4.00. The lowest BCUT2D eigenvalue weighted by Gasteiger charge is -2.33. The zero-order chi connectivity index (χ0) is 14.7. The predicted octanol–water partition coefficient (Wildman–Crippen LogP) is 2.17. The molecule has 0 radical (unpaired) electrons. The average Bonchev–Trinajstić information content (AvgIpc) is 2.79. The number of nitrogens with zero attached hydrogens (tertiary/aromatic N) is 2. The minimum atomic E-state index is -0.299. The Balaban J connectivity index is 1.94. The standard InChI is InChI=1S/C14H23N3O3/c1-4-12-13(9(2)16-20-12)15-14(19)17-7-5-11(6-8-17)10(3)18/h10-11,18H,4-8H2,1-3H3,(H,15,19). The highest BCUT2D eigenvalue weighted by atomic mass is 16.5. The van der Waals surface area contributed by atoms with E-state index in [4.69, 9.17) is 4.52 Å². The molecule has 6 heteroatoms. The Morgan fingerprint density at radius 3 is 2.75 bits per heavy atom. The van der Waals surface area contributed by atoms with Crippen LogP contribution in [0.1, 0.15) is 38.1 Å². The number of hydrogen-bond donors (Lipinski definition) is 2. The Kier molecular flexibility index (Phi) is 4.65. The zero-order valence-corrected chi connectivity index (χ0v) is 12.3. The van der Waals surface area contributed by atoms with Gasteiger partial charge in [0, 0.05) is 19.5 Å². The quantitative estimate of drug-likeness (QED) is 0.890. The van der Waals surface area contributed by atoms with Crippen LogP contribution in [0.2, 0.25) is 0 Å². The van der Waals surface area contributed by atoms with E-state index in [1.54, 1.807) is 4.90 Å². The minimum absolute atomic E-state index is 0.116. The predicted molar refractivity (Wildman–Crippen MR) is 75.6 cm³/mol. The highest BCUT2D eigenvalue weighted by Crippen LogP contribution is 2.24. The molecule has 112 valence electrons. The van der Waals surface area contributed by atoms with E-state index >= 15 is 0 Å². The number of aliphatic hydroxyl groups is 1. The van der Waals surface area contributed by atoms with Crippen molar-refractivity contribution >= 4 is 11.7 Å². The van der Waals surface area contributed by atoms with E-state index in [1.165, 1.54) is 0 Å². The Bertz CT molecular complexity index is 462. The molecule has 1 aromatic rings. The van der Waals surface area contributed by atoms with Gasteiger partial charge in [0.05, 0.1) is 6.10 Å². The third kappa shape index (κ3) is 3.12. The van der Waals surface area contributed by atoms with E-state index < -0.39 is 0 Å². The van der Waals surface area contributed by atoms with Gasteiger partial charge < -0.3 is 19.8 Å². The van der Waals surface area contributed by atoms with Crippen LogP contribution in [0.3, 0.4) is 0 Å². The fraction of sp³-hybridized carbons (Fsp3) is 0.714. The molecule has 1 unspecified atom stereocenters. The molecule has 0 spiro atoms. The maximum absolute atomic E-state index is 12.2. The van der Waals surface area contributed by atoms with Crippen LogP contribution >= 0.6 is 0 Å². The summed E-state index contributed by atoms with van der Waals surface area (Å²) in [7, 11) is 0. The fourth-order valence-electron chi connectivity index (χ4n) is 2.59. The second-order valence-corrected chi connectivity index (χ2v) is 5.41. The number of hydrogen-bond acceptors (Lipinski definition) is 4. The number of nitrogens with one attached hydrogen (secondary N) is 1. The van der Waals surface area contributed by atoms with Crippen molar-refractivity contribution in [2.45, 2.75) is 46.1 Å². The molecule has 20 heavy (non-hydrogen) atoms. The summed E-state index contributed by atoms with van der Waals surface area (Å²) < 4.78 is 5.17. The minimum Gasteiger partial charge on any atom is -0.393 e. The number of urea groups is 1. The van der Waals surface area contributed by atoms with Crippen LogP contribution in [0.25, 0.3) is 0 Å². The summed E-state index contributed by atoms with van der Waals surface area (Å²) in [4.78, 5) is 14.0. The van der Waals surface area contributed by atoms with Gasteiger partial charge in [0.15, 0.2) is 5.76 Å². The highest BCUT2D eigenvalue weighted by molar-refractivity contribution is 5.90. The number of aryl methyl sites for hydroxylation is 2. The number of anilines is 1. The van der Waals surface area contributed by atoms with Gasteiger partial charge in [-0.15, -0.1) is 0 Å². The maximum Gasteiger partial charge on any atom is 0.321 e. The zero-order valence-electron chi connectivity index (χ0n) is 12.3. The molecule has 0 aliphatic carbocycles. The van der Waals surface area contributed by atoms with E-state index in [0.717, 1.165) is 12.8 Å². The molecule has 0 bridgehead atoms. The molecular weight excluding hydrogens is 258 g/mol. The first-order valence-electron chi connectivity index (χ1n) is 7.22. The van der Waals surface area contributed by atoms with Gasteiger partial charge in [0.2, 0.25) is 0 Å². The third-order valence-corrected chi connectivity index (χ3v) is 4.00. The summed E-state index contributed by atoms with van der Waals surface area (Å²) >= 11 is 0. The number of amides is 2. The van der Waals surface area contributed by atoms with Crippen LogP contribution in [0.15, 0.2) is 4.52 Å². The molecule has 1 fully saturated rings. The topological polar surface area (TPSA) is 78.6 Å². The van der Waals surface area contributed by atoms with Crippen molar-refractivity contribution in [1.82, 2.24) is 10.1 Å². The molecule has 2 heterocycles. The Morgan fingerprint density at radius 2 is 2.20 bits per heavy atom. The van der Waals surface area contributed by atoms with Crippen LogP contribution in [0.4, 0.5) is 10.5 Å². The van der Waals surface area contributed by atoms with Crippen LogP contribution in [-0.2, 0) is 6.42 Å². The van der Waals surface area contributed by atoms with E-state index in [2.05, 4.69) is 10.5 Å². The lowest BCUT2D eigenvalue weighted by atomic mass is 9.92. The van der Waals surface area contributed by atoms with Gasteiger partial charge in [0.25, 0.3) is 0 Å². The summed E-state index contributed by atoms with van der Waals surface area (Å²) in [5, 5.41) is 16.3. The number of likely N-dealkylation sites (tertiary alicyclic amines) is 1. The van der Waals surface area contributed by atoms with E-state index in [1.807, 2.05) is 20.8 Å². The molecule has 0 aromatic carbocycles. The van der Waals surface area contributed by atoms with E-state index in [9.17, 15) is 9.90 Å². The second kappa shape index (κ2) is 6.26. The number of rotatable bonds is 3. The van der Waals surface area contributed by atoms with Crippen LogP contribution < -0.4 is 5.32 Å². The van der Waals surface area contributed by atoms with Crippen LogP contribution in [-0.4, -0.2) is 40.4 Å². The molecule has 2 N–H and O–H groups in total. The van der Waals surface area contributed by atoms with Crippen LogP contribution in [0, 0.1) is 12.8 Å². The summed E-state index contributed by atoms with van der Waals surface area (Å²) in [6.45, 7) is 6.94. The first kappa shape index (κ1) is 14.8. The molecule has 1 aliphatic rings. The van der Waals surface area contributed by atoms with Gasteiger partial charge in [-0.2, -0.15) is 0 Å². The van der Waals surface area contributed by atoms with Crippen molar-refractivity contribution in [1.29, 1.82) is 0 Å². The lowest BCUT2D eigenvalue weighted by Crippen LogP contribution is -2.43. The van der Waals surface area contributed by atoms with Crippen molar-refractivity contribution in [2.24, 2.45) is 5.92 Å². The maximum atomic E-state index is 12.2. The Hall–Kier alpha value is -1.56. The van der Waals surface area contributed by atoms with E-state index in [0.29, 0.717) is 42.6 Å². The molecule has 1 saturated heterocycles. The molecule has 2 amide bonds.